The molecule has 0 aliphatic heterocycles. The Kier molecular flexibility index (Phi) is 7.26. The van der Waals surface area contributed by atoms with Gasteiger partial charge in [-0.25, -0.2) is 4.39 Å². The molecule has 3 aromatic carbocycles. The number of hydrogen-bond donors (Lipinski definition) is 1. The van der Waals surface area contributed by atoms with Crippen molar-refractivity contribution < 1.29 is 14.2 Å². The third-order valence-corrected chi connectivity index (χ3v) is 4.95. The van der Waals surface area contributed by atoms with Crippen LogP contribution in [-0.4, -0.2) is 37.3 Å². The van der Waals surface area contributed by atoms with Gasteiger partial charge in [0.25, 0.3) is 0 Å². The Hall–Kier alpha value is -3.11. The number of allylic oxidation sites excluding steroid dienone is 1. The Morgan fingerprint density at radius 2 is 1.37 bits per heavy atom. The fraction of sp³-hybridized carbons (Fsp3) is 0.231. The molecule has 0 aromatic heterocycles. The molecule has 0 saturated carbocycles. The zero-order valence-corrected chi connectivity index (χ0v) is 17.7. The van der Waals surface area contributed by atoms with Crippen molar-refractivity contribution in [2.75, 3.05) is 27.2 Å². The molecule has 0 aliphatic carbocycles. The maximum atomic E-state index is 13.5. The van der Waals surface area contributed by atoms with Gasteiger partial charge in [-0.3, -0.25) is 0 Å². The van der Waals surface area contributed by atoms with Gasteiger partial charge in [0, 0.05) is 6.54 Å². The van der Waals surface area contributed by atoms with Crippen molar-refractivity contribution in [1.82, 2.24) is 4.90 Å². The Morgan fingerprint density at radius 1 is 0.833 bits per heavy atom. The molecule has 4 heteroatoms. The highest BCUT2D eigenvalue weighted by Gasteiger charge is 2.13. The zero-order chi connectivity index (χ0) is 21.5. The average Bonchev–Trinajstić information content (AvgIpc) is 2.74. The van der Waals surface area contributed by atoms with Crippen LogP contribution < -0.4 is 4.74 Å². The SMILES string of the molecule is CC/C(=C(\c1ccc(O)cc1)c1ccc(OCCN(C)C)cc1)c1ccc(F)cc1. The Labute approximate surface area is 178 Å². The molecule has 0 unspecified atom stereocenters. The second kappa shape index (κ2) is 10.1. The van der Waals surface area contributed by atoms with Gasteiger partial charge in [0.05, 0.1) is 0 Å². The largest absolute Gasteiger partial charge is 0.508 e. The standard InChI is InChI=1S/C26H28FNO2/c1-4-25(19-5-11-22(27)12-6-19)26(20-7-13-23(29)14-8-20)21-9-15-24(16-10-21)30-18-17-28(2)3/h5-16,29H,4,17-18H2,1-3H3/b26-25-. The third kappa shape index (κ3) is 5.49. The van der Waals surface area contributed by atoms with Crippen LogP contribution in [0, 0.1) is 5.82 Å². The van der Waals surface area contributed by atoms with Crippen molar-refractivity contribution in [1.29, 1.82) is 0 Å². The van der Waals surface area contributed by atoms with Gasteiger partial charge in [0.1, 0.15) is 23.9 Å². The number of nitrogens with zero attached hydrogens (tertiary/aromatic N) is 1. The molecule has 0 bridgehead atoms. The third-order valence-electron chi connectivity index (χ3n) is 4.95. The number of aromatic hydroxyl groups is 1. The lowest BCUT2D eigenvalue weighted by Crippen LogP contribution is -2.19. The first-order valence-electron chi connectivity index (χ1n) is 10.1. The Bertz CT molecular complexity index is 975. The van der Waals surface area contributed by atoms with Gasteiger partial charge in [-0.2, -0.15) is 0 Å². The predicted octanol–water partition coefficient (Wildman–Crippen LogP) is 5.84. The lowest BCUT2D eigenvalue weighted by Gasteiger charge is -2.17. The molecule has 0 spiro atoms. The van der Waals surface area contributed by atoms with Crippen LogP contribution in [-0.2, 0) is 0 Å². The van der Waals surface area contributed by atoms with Gasteiger partial charge in [-0.15, -0.1) is 0 Å². The topological polar surface area (TPSA) is 32.7 Å². The van der Waals surface area contributed by atoms with Crippen molar-refractivity contribution >= 4 is 11.1 Å². The van der Waals surface area contributed by atoms with E-state index in [1.807, 2.05) is 62.6 Å². The summed E-state index contributed by atoms with van der Waals surface area (Å²) in [5.74, 6) is 0.799. The number of ether oxygens (including phenoxy) is 1. The molecular formula is C26H28FNO2. The number of likely N-dealkylation sites (N-methyl/N-ethyl adjacent to an activating group) is 1. The van der Waals surface area contributed by atoms with Crippen LogP contribution in [0.4, 0.5) is 4.39 Å². The summed E-state index contributed by atoms with van der Waals surface area (Å²) in [5, 5.41) is 9.73. The van der Waals surface area contributed by atoms with E-state index in [0.717, 1.165) is 46.6 Å². The van der Waals surface area contributed by atoms with E-state index in [9.17, 15) is 9.50 Å². The minimum absolute atomic E-state index is 0.225. The summed E-state index contributed by atoms with van der Waals surface area (Å²) in [6, 6.07) is 21.8. The minimum atomic E-state index is -0.250. The fourth-order valence-electron chi connectivity index (χ4n) is 3.38. The summed E-state index contributed by atoms with van der Waals surface area (Å²) in [5.41, 5.74) is 5.19. The first-order valence-corrected chi connectivity index (χ1v) is 10.1. The summed E-state index contributed by atoms with van der Waals surface area (Å²) in [6.07, 6.45) is 0.781. The minimum Gasteiger partial charge on any atom is -0.508 e. The molecule has 30 heavy (non-hydrogen) atoms. The Morgan fingerprint density at radius 3 is 1.90 bits per heavy atom. The van der Waals surface area contributed by atoms with E-state index in [0.29, 0.717) is 6.61 Å². The fourth-order valence-corrected chi connectivity index (χ4v) is 3.38. The van der Waals surface area contributed by atoms with Crippen LogP contribution in [0.1, 0.15) is 30.0 Å². The quantitative estimate of drug-likeness (QED) is 0.478. The van der Waals surface area contributed by atoms with E-state index in [4.69, 9.17) is 4.74 Å². The monoisotopic (exact) mass is 405 g/mol. The summed E-state index contributed by atoms with van der Waals surface area (Å²) in [6.45, 7) is 3.57. The number of halogens is 1. The van der Waals surface area contributed by atoms with Gasteiger partial charge >= 0.3 is 0 Å². The molecule has 3 aromatic rings. The molecule has 156 valence electrons. The smallest absolute Gasteiger partial charge is 0.123 e. The van der Waals surface area contributed by atoms with Gasteiger partial charge < -0.3 is 14.7 Å². The second-order valence-electron chi connectivity index (χ2n) is 7.44. The number of rotatable bonds is 8. The van der Waals surface area contributed by atoms with Gasteiger partial charge in [0.15, 0.2) is 0 Å². The maximum absolute atomic E-state index is 13.5. The van der Waals surface area contributed by atoms with Crippen LogP contribution >= 0.6 is 0 Å². The molecule has 0 heterocycles. The number of hydrogen-bond acceptors (Lipinski definition) is 3. The van der Waals surface area contributed by atoms with Gasteiger partial charge in [-0.1, -0.05) is 43.3 Å². The average molecular weight is 406 g/mol. The molecule has 3 nitrogen and oxygen atoms in total. The molecule has 0 radical (unpaired) electrons. The highest BCUT2D eigenvalue weighted by Crippen LogP contribution is 2.35. The predicted molar refractivity (Wildman–Crippen MR) is 121 cm³/mol. The lowest BCUT2D eigenvalue weighted by molar-refractivity contribution is 0.261. The van der Waals surface area contributed by atoms with E-state index in [1.54, 1.807) is 12.1 Å². The van der Waals surface area contributed by atoms with Crippen molar-refractivity contribution in [2.24, 2.45) is 0 Å². The van der Waals surface area contributed by atoms with Crippen LogP contribution in [0.15, 0.2) is 72.8 Å². The van der Waals surface area contributed by atoms with Crippen LogP contribution in [0.2, 0.25) is 0 Å². The highest BCUT2D eigenvalue weighted by atomic mass is 19.1. The molecule has 0 amide bonds. The van der Waals surface area contributed by atoms with Crippen molar-refractivity contribution in [2.45, 2.75) is 13.3 Å². The zero-order valence-electron chi connectivity index (χ0n) is 17.7. The number of phenolic OH excluding ortho intramolecular Hbond substituents is 1. The molecule has 3 rings (SSSR count). The molecule has 0 fully saturated rings. The van der Waals surface area contributed by atoms with Gasteiger partial charge in [0.2, 0.25) is 0 Å². The summed E-state index contributed by atoms with van der Waals surface area (Å²) in [4.78, 5) is 2.08. The molecule has 0 saturated heterocycles. The van der Waals surface area contributed by atoms with Crippen molar-refractivity contribution in [3.63, 3.8) is 0 Å². The normalized spacial score (nSPS) is 12.0. The van der Waals surface area contributed by atoms with E-state index in [1.165, 1.54) is 12.1 Å². The first-order chi connectivity index (χ1) is 14.5. The van der Waals surface area contributed by atoms with E-state index in [2.05, 4.69) is 11.8 Å². The van der Waals surface area contributed by atoms with Crippen LogP contribution in [0.25, 0.3) is 11.1 Å². The van der Waals surface area contributed by atoms with Crippen molar-refractivity contribution in [3.05, 3.63) is 95.3 Å². The maximum Gasteiger partial charge on any atom is 0.123 e. The molecule has 0 aliphatic rings. The van der Waals surface area contributed by atoms with Crippen molar-refractivity contribution in [3.8, 4) is 11.5 Å². The number of phenols is 1. The second-order valence-corrected chi connectivity index (χ2v) is 7.44. The molecular weight excluding hydrogens is 377 g/mol. The first kappa shape index (κ1) is 21.6. The van der Waals surface area contributed by atoms with Gasteiger partial charge in [-0.05, 0) is 84.8 Å². The van der Waals surface area contributed by atoms with E-state index in [-0.39, 0.29) is 11.6 Å². The summed E-state index contributed by atoms with van der Waals surface area (Å²) >= 11 is 0. The molecule has 0 atom stereocenters. The van der Waals surface area contributed by atoms with E-state index < -0.39 is 0 Å². The number of benzene rings is 3. The lowest BCUT2D eigenvalue weighted by atomic mass is 9.88. The Balaban J connectivity index is 2.03. The van der Waals surface area contributed by atoms with Crippen LogP contribution in [0.3, 0.4) is 0 Å². The summed E-state index contributed by atoms with van der Waals surface area (Å²) in [7, 11) is 4.03. The summed E-state index contributed by atoms with van der Waals surface area (Å²) < 4.78 is 19.3. The highest BCUT2D eigenvalue weighted by molar-refractivity contribution is 5.98. The molecule has 1 N–H and O–H groups in total. The van der Waals surface area contributed by atoms with E-state index >= 15 is 0 Å². The van der Waals surface area contributed by atoms with Crippen LogP contribution in [0.5, 0.6) is 11.5 Å².